The molecule has 1 atom stereocenters. The van der Waals surface area contributed by atoms with E-state index in [1.54, 1.807) is 0 Å². The van der Waals surface area contributed by atoms with Crippen LogP contribution in [0.25, 0.3) is 0 Å². The molecular formula is C13H23NO2. The molecule has 0 radical (unpaired) electrons. The van der Waals surface area contributed by atoms with E-state index in [1.807, 2.05) is 6.92 Å². The molecule has 3 heteroatoms. The van der Waals surface area contributed by atoms with Crippen LogP contribution in [0.3, 0.4) is 0 Å². The molecule has 0 aromatic rings. The van der Waals surface area contributed by atoms with Crippen LogP contribution in [0.4, 0.5) is 0 Å². The van der Waals surface area contributed by atoms with Gasteiger partial charge in [0.2, 0.25) is 0 Å². The van der Waals surface area contributed by atoms with Crippen molar-refractivity contribution in [1.29, 1.82) is 0 Å². The van der Waals surface area contributed by atoms with Crippen LogP contribution >= 0.6 is 0 Å². The van der Waals surface area contributed by atoms with Gasteiger partial charge in [0.25, 0.3) is 0 Å². The van der Waals surface area contributed by atoms with E-state index in [9.17, 15) is 9.90 Å². The molecule has 1 heterocycles. The number of carboxylic acid groups (broad SMARTS) is 1. The maximum absolute atomic E-state index is 11.4. The number of carboxylic acids is 1. The molecule has 1 fully saturated rings. The van der Waals surface area contributed by atoms with Gasteiger partial charge in [-0.3, -0.25) is 9.69 Å². The van der Waals surface area contributed by atoms with Gasteiger partial charge in [0.05, 0.1) is 5.41 Å². The molecule has 3 nitrogen and oxygen atoms in total. The first-order valence-electron chi connectivity index (χ1n) is 6.16. The standard InChI is InChI=1S/C13H23NO2/c1-4-11(3)9-14-8-6-7-13(5-2,10-14)12(15)16/h3-10H2,1-2H3,(H,15,16). The van der Waals surface area contributed by atoms with Crippen LogP contribution < -0.4 is 0 Å². The Hall–Kier alpha value is -0.830. The van der Waals surface area contributed by atoms with E-state index in [4.69, 9.17) is 0 Å². The van der Waals surface area contributed by atoms with Gasteiger partial charge in [0.15, 0.2) is 0 Å². The number of likely N-dealkylation sites (tertiary alicyclic amines) is 1. The predicted molar refractivity (Wildman–Crippen MR) is 65.5 cm³/mol. The van der Waals surface area contributed by atoms with Crippen molar-refractivity contribution in [2.75, 3.05) is 19.6 Å². The summed E-state index contributed by atoms with van der Waals surface area (Å²) in [5.74, 6) is -0.637. The summed E-state index contributed by atoms with van der Waals surface area (Å²) in [6.07, 6.45) is 3.49. The number of piperidine rings is 1. The molecule has 1 aliphatic rings. The fraction of sp³-hybridized carbons (Fsp3) is 0.769. The number of rotatable bonds is 5. The van der Waals surface area contributed by atoms with Crippen molar-refractivity contribution in [3.8, 4) is 0 Å². The SMILES string of the molecule is C=C(CC)CN1CCCC(CC)(C(=O)O)C1. The monoisotopic (exact) mass is 225 g/mol. The van der Waals surface area contributed by atoms with Gasteiger partial charge < -0.3 is 5.11 Å². The van der Waals surface area contributed by atoms with Gasteiger partial charge in [0.1, 0.15) is 0 Å². The van der Waals surface area contributed by atoms with Crippen LogP contribution in [-0.2, 0) is 4.79 Å². The van der Waals surface area contributed by atoms with Crippen molar-refractivity contribution in [3.05, 3.63) is 12.2 Å². The highest BCUT2D eigenvalue weighted by atomic mass is 16.4. The molecule has 1 saturated heterocycles. The third-order valence-electron chi connectivity index (χ3n) is 3.73. The van der Waals surface area contributed by atoms with Crippen LogP contribution in [0.15, 0.2) is 12.2 Å². The molecule has 1 aliphatic heterocycles. The molecule has 1 unspecified atom stereocenters. The van der Waals surface area contributed by atoms with Crippen molar-refractivity contribution in [2.45, 2.75) is 39.5 Å². The zero-order valence-corrected chi connectivity index (χ0v) is 10.5. The number of carbonyl (C=O) groups is 1. The summed E-state index contributed by atoms with van der Waals surface area (Å²) in [5, 5.41) is 9.35. The Morgan fingerprint density at radius 1 is 1.50 bits per heavy atom. The number of hydrogen-bond donors (Lipinski definition) is 1. The molecular weight excluding hydrogens is 202 g/mol. The van der Waals surface area contributed by atoms with Crippen molar-refractivity contribution in [2.24, 2.45) is 5.41 Å². The second-order valence-corrected chi connectivity index (χ2v) is 4.86. The van der Waals surface area contributed by atoms with Gasteiger partial charge in [-0.05, 0) is 32.2 Å². The lowest BCUT2D eigenvalue weighted by Gasteiger charge is -2.39. The Bertz CT molecular complexity index is 275. The maximum Gasteiger partial charge on any atom is 0.310 e. The van der Waals surface area contributed by atoms with Gasteiger partial charge >= 0.3 is 5.97 Å². The van der Waals surface area contributed by atoms with E-state index < -0.39 is 11.4 Å². The fourth-order valence-corrected chi connectivity index (χ4v) is 2.40. The molecule has 0 aliphatic carbocycles. The lowest BCUT2D eigenvalue weighted by molar-refractivity contribution is -0.152. The minimum Gasteiger partial charge on any atom is -0.481 e. The topological polar surface area (TPSA) is 40.5 Å². The summed E-state index contributed by atoms with van der Waals surface area (Å²) < 4.78 is 0. The average molecular weight is 225 g/mol. The molecule has 0 saturated carbocycles. The lowest BCUT2D eigenvalue weighted by Crippen LogP contribution is -2.47. The molecule has 92 valence electrons. The minimum atomic E-state index is -0.637. The van der Waals surface area contributed by atoms with Crippen molar-refractivity contribution < 1.29 is 9.90 Å². The molecule has 0 aromatic heterocycles. The maximum atomic E-state index is 11.4. The normalized spacial score (nSPS) is 26.6. The first kappa shape index (κ1) is 13.2. The third-order valence-corrected chi connectivity index (χ3v) is 3.73. The summed E-state index contributed by atoms with van der Waals surface area (Å²) >= 11 is 0. The van der Waals surface area contributed by atoms with E-state index in [0.717, 1.165) is 38.8 Å². The minimum absolute atomic E-state index is 0.522. The highest BCUT2D eigenvalue weighted by molar-refractivity contribution is 5.75. The third kappa shape index (κ3) is 2.85. The first-order valence-corrected chi connectivity index (χ1v) is 6.16. The Kier molecular flexibility index (Phi) is 4.54. The molecule has 0 spiro atoms. The van der Waals surface area contributed by atoms with Crippen LogP contribution in [-0.4, -0.2) is 35.6 Å². The van der Waals surface area contributed by atoms with Gasteiger partial charge in [-0.25, -0.2) is 0 Å². The molecule has 0 amide bonds. The van der Waals surface area contributed by atoms with E-state index >= 15 is 0 Å². The average Bonchev–Trinajstić information content (AvgIpc) is 2.28. The smallest absolute Gasteiger partial charge is 0.310 e. The lowest BCUT2D eigenvalue weighted by atomic mass is 9.77. The fourth-order valence-electron chi connectivity index (χ4n) is 2.40. The van der Waals surface area contributed by atoms with Crippen LogP contribution in [0.2, 0.25) is 0 Å². The second-order valence-electron chi connectivity index (χ2n) is 4.86. The van der Waals surface area contributed by atoms with Crippen LogP contribution in [0, 0.1) is 5.41 Å². The zero-order valence-electron chi connectivity index (χ0n) is 10.5. The molecule has 1 rings (SSSR count). The number of aliphatic carboxylic acids is 1. The Labute approximate surface area is 98.1 Å². The summed E-state index contributed by atoms with van der Waals surface area (Å²) in [7, 11) is 0. The summed E-state index contributed by atoms with van der Waals surface area (Å²) in [5.41, 5.74) is 0.670. The summed E-state index contributed by atoms with van der Waals surface area (Å²) in [6.45, 7) is 10.6. The largest absolute Gasteiger partial charge is 0.481 e. The Balaban J connectivity index is 2.65. The zero-order chi connectivity index (χ0) is 12.2. The summed E-state index contributed by atoms with van der Waals surface area (Å²) in [6, 6.07) is 0. The molecule has 0 aromatic carbocycles. The Morgan fingerprint density at radius 3 is 2.69 bits per heavy atom. The quantitative estimate of drug-likeness (QED) is 0.731. The van der Waals surface area contributed by atoms with E-state index in [1.165, 1.54) is 5.57 Å². The highest BCUT2D eigenvalue weighted by Crippen LogP contribution is 2.33. The van der Waals surface area contributed by atoms with Gasteiger partial charge in [-0.1, -0.05) is 26.0 Å². The van der Waals surface area contributed by atoms with Crippen molar-refractivity contribution in [3.63, 3.8) is 0 Å². The molecule has 16 heavy (non-hydrogen) atoms. The second kappa shape index (κ2) is 5.48. The Morgan fingerprint density at radius 2 is 2.19 bits per heavy atom. The highest BCUT2D eigenvalue weighted by Gasteiger charge is 2.40. The molecule has 0 bridgehead atoms. The van der Waals surface area contributed by atoms with Crippen LogP contribution in [0.5, 0.6) is 0 Å². The predicted octanol–water partition coefficient (Wildman–Crippen LogP) is 2.53. The van der Waals surface area contributed by atoms with Gasteiger partial charge in [-0.2, -0.15) is 0 Å². The van der Waals surface area contributed by atoms with Crippen molar-refractivity contribution >= 4 is 5.97 Å². The molecule has 1 N–H and O–H groups in total. The first-order chi connectivity index (χ1) is 7.54. The summed E-state index contributed by atoms with van der Waals surface area (Å²) in [4.78, 5) is 13.6. The number of nitrogens with zero attached hydrogens (tertiary/aromatic N) is 1. The van der Waals surface area contributed by atoms with Gasteiger partial charge in [0, 0.05) is 13.1 Å². The van der Waals surface area contributed by atoms with E-state index in [-0.39, 0.29) is 0 Å². The van der Waals surface area contributed by atoms with Crippen LogP contribution in [0.1, 0.15) is 39.5 Å². The van der Waals surface area contributed by atoms with Gasteiger partial charge in [-0.15, -0.1) is 0 Å². The van der Waals surface area contributed by atoms with E-state index in [0.29, 0.717) is 6.54 Å². The van der Waals surface area contributed by atoms with E-state index in [2.05, 4.69) is 18.4 Å². The van der Waals surface area contributed by atoms with Crippen molar-refractivity contribution in [1.82, 2.24) is 4.90 Å². The number of hydrogen-bond acceptors (Lipinski definition) is 2.